The normalized spacial score (nSPS) is 18.6. The highest BCUT2D eigenvalue weighted by Crippen LogP contribution is 2.26. The van der Waals surface area contributed by atoms with Crippen molar-refractivity contribution >= 4 is 14.2 Å². The van der Waals surface area contributed by atoms with Crippen LogP contribution in [0.4, 0.5) is 4.79 Å². The highest BCUT2D eigenvalue weighted by Gasteiger charge is 2.39. The maximum Gasteiger partial charge on any atom is 0.410 e. The van der Waals surface area contributed by atoms with E-state index in [-0.39, 0.29) is 12.1 Å². The SMILES string of the molecule is CC(C)(C)OC(=O)N1CCC[C@H]1[C@@H](C#C[Si](C)(C)C)N(O)Cc1ccccc1. The standard InChI is InChI=1S/C22H34N2O3Si/c1-22(2,3)27-21(25)23-15-10-13-19(23)20(14-16-28(4,5)6)24(26)17-18-11-8-7-9-12-18/h7-9,11-12,19-20,26H,10,13,15,17H2,1-6H3/t19-,20+/m0/s1. The Morgan fingerprint density at radius 2 is 1.96 bits per heavy atom. The Balaban J connectivity index is 2.26. The highest BCUT2D eigenvalue weighted by atomic mass is 28.3. The number of carbonyl (C=O) groups is 1. The van der Waals surface area contributed by atoms with Crippen LogP contribution in [-0.2, 0) is 11.3 Å². The van der Waals surface area contributed by atoms with Gasteiger partial charge in [0.05, 0.1) is 12.6 Å². The molecule has 0 saturated carbocycles. The number of hydrogen-bond donors (Lipinski definition) is 1. The van der Waals surface area contributed by atoms with E-state index in [1.165, 1.54) is 5.06 Å². The zero-order valence-electron chi connectivity index (χ0n) is 18.0. The van der Waals surface area contributed by atoms with Gasteiger partial charge in [-0.1, -0.05) is 55.9 Å². The molecule has 1 aromatic rings. The number of amides is 1. The number of rotatable bonds is 4. The minimum absolute atomic E-state index is 0.188. The van der Waals surface area contributed by atoms with Crippen LogP contribution in [0.15, 0.2) is 30.3 Å². The van der Waals surface area contributed by atoms with Crippen molar-refractivity contribution in [3.05, 3.63) is 35.9 Å². The molecule has 1 heterocycles. The van der Waals surface area contributed by atoms with Crippen LogP contribution in [0.3, 0.4) is 0 Å². The van der Waals surface area contributed by atoms with E-state index >= 15 is 0 Å². The largest absolute Gasteiger partial charge is 0.444 e. The van der Waals surface area contributed by atoms with Crippen molar-refractivity contribution in [2.45, 2.75) is 77.5 Å². The average molecular weight is 403 g/mol. The molecule has 154 valence electrons. The van der Waals surface area contributed by atoms with Gasteiger partial charge < -0.3 is 14.8 Å². The summed E-state index contributed by atoms with van der Waals surface area (Å²) in [7, 11) is -1.63. The topological polar surface area (TPSA) is 53.0 Å². The number of likely N-dealkylation sites (tertiary alicyclic amines) is 1. The molecule has 1 fully saturated rings. The molecule has 0 bridgehead atoms. The number of ether oxygens (including phenoxy) is 1. The third-order valence-electron chi connectivity index (χ3n) is 4.40. The van der Waals surface area contributed by atoms with Crippen molar-refractivity contribution in [1.82, 2.24) is 9.96 Å². The lowest BCUT2D eigenvalue weighted by molar-refractivity contribution is -0.133. The van der Waals surface area contributed by atoms with Crippen LogP contribution in [0.5, 0.6) is 0 Å². The minimum Gasteiger partial charge on any atom is -0.444 e. The molecule has 5 nitrogen and oxygen atoms in total. The summed E-state index contributed by atoms with van der Waals surface area (Å²) < 4.78 is 5.59. The average Bonchev–Trinajstić information content (AvgIpc) is 3.03. The first-order valence-electron chi connectivity index (χ1n) is 9.98. The second kappa shape index (κ2) is 9.12. The summed E-state index contributed by atoms with van der Waals surface area (Å²) in [6.45, 7) is 13.1. The van der Waals surface area contributed by atoms with E-state index in [0.29, 0.717) is 13.1 Å². The third kappa shape index (κ3) is 6.97. The lowest BCUT2D eigenvalue weighted by Crippen LogP contribution is -2.50. The van der Waals surface area contributed by atoms with Gasteiger partial charge in [0.25, 0.3) is 0 Å². The second-order valence-corrected chi connectivity index (χ2v) is 14.2. The predicted molar refractivity (Wildman–Crippen MR) is 115 cm³/mol. The Labute approximate surface area is 170 Å². The van der Waals surface area contributed by atoms with Crippen molar-refractivity contribution < 1.29 is 14.7 Å². The molecule has 1 aliphatic heterocycles. The number of hydrogen-bond acceptors (Lipinski definition) is 4. The minimum atomic E-state index is -1.63. The van der Waals surface area contributed by atoms with Gasteiger partial charge in [-0.05, 0) is 39.2 Å². The van der Waals surface area contributed by atoms with Gasteiger partial charge in [0, 0.05) is 6.54 Å². The van der Waals surface area contributed by atoms with Crippen molar-refractivity contribution in [2.24, 2.45) is 0 Å². The molecule has 1 aromatic carbocycles. The Kier molecular flexibility index (Phi) is 7.32. The van der Waals surface area contributed by atoms with Crippen molar-refractivity contribution in [1.29, 1.82) is 0 Å². The fourth-order valence-corrected chi connectivity index (χ4v) is 3.78. The molecule has 1 amide bonds. The van der Waals surface area contributed by atoms with Crippen LogP contribution < -0.4 is 0 Å². The molecule has 0 spiro atoms. The molecule has 0 unspecified atom stereocenters. The van der Waals surface area contributed by atoms with Gasteiger partial charge in [0.2, 0.25) is 0 Å². The molecule has 28 heavy (non-hydrogen) atoms. The molecule has 1 saturated heterocycles. The summed E-state index contributed by atoms with van der Waals surface area (Å²) in [5.74, 6) is 3.31. The van der Waals surface area contributed by atoms with Crippen molar-refractivity contribution in [3.63, 3.8) is 0 Å². The van der Waals surface area contributed by atoms with E-state index < -0.39 is 19.7 Å². The first-order chi connectivity index (χ1) is 13.0. The smallest absolute Gasteiger partial charge is 0.410 e. The fourth-order valence-electron chi connectivity index (χ4n) is 3.20. The predicted octanol–water partition coefficient (Wildman–Crippen LogP) is 4.53. The van der Waals surface area contributed by atoms with E-state index in [1.807, 2.05) is 51.1 Å². The Morgan fingerprint density at radius 3 is 2.54 bits per heavy atom. The van der Waals surface area contributed by atoms with Crippen LogP contribution in [0.2, 0.25) is 19.6 Å². The first-order valence-corrected chi connectivity index (χ1v) is 13.5. The summed E-state index contributed by atoms with van der Waals surface area (Å²) >= 11 is 0. The Bertz CT molecular complexity index is 713. The molecular weight excluding hydrogens is 368 g/mol. The van der Waals surface area contributed by atoms with Crippen LogP contribution in [-0.4, -0.2) is 53.6 Å². The molecule has 1 aliphatic rings. The van der Waals surface area contributed by atoms with Gasteiger partial charge in [0.1, 0.15) is 19.7 Å². The van der Waals surface area contributed by atoms with Crippen molar-refractivity contribution in [2.75, 3.05) is 6.54 Å². The van der Waals surface area contributed by atoms with E-state index in [0.717, 1.165) is 18.4 Å². The quantitative estimate of drug-likeness (QED) is 0.457. The number of benzene rings is 1. The van der Waals surface area contributed by atoms with E-state index in [2.05, 4.69) is 31.1 Å². The summed E-state index contributed by atoms with van der Waals surface area (Å²) in [6, 6.07) is 9.19. The Morgan fingerprint density at radius 1 is 1.32 bits per heavy atom. The van der Waals surface area contributed by atoms with E-state index in [9.17, 15) is 10.0 Å². The molecule has 0 aromatic heterocycles. The lowest BCUT2D eigenvalue weighted by Gasteiger charge is -2.34. The molecule has 2 rings (SSSR count). The van der Waals surface area contributed by atoms with E-state index in [1.54, 1.807) is 4.90 Å². The molecule has 0 radical (unpaired) electrons. The number of carbonyl (C=O) groups excluding carboxylic acids is 1. The summed E-state index contributed by atoms with van der Waals surface area (Å²) in [5, 5.41) is 12.2. The van der Waals surface area contributed by atoms with Gasteiger partial charge in [-0.15, -0.1) is 5.54 Å². The van der Waals surface area contributed by atoms with Crippen LogP contribution in [0.25, 0.3) is 0 Å². The molecule has 0 aliphatic carbocycles. The van der Waals surface area contributed by atoms with E-state index in [4.69, 9.17) is 4.74 Å². The molecule has 1 N–H and O–H groups in total. The molecule has 2 atom stereocenters. The van der Waals surface area contributed by atoms with Crippen molar-refractivity contribution in [3.8, 4) is 11.5 Å². The molecular formula is C22H34N2O3Si. The maximum absolute atomic E-state index is 12.7. The second-order valence-electron chi connectivity index (χ2n) is 9.43. The zero-order valence-corrected chi connectivity index (χ0v) is 19.0. The zero-order chi connectivity index (χ0) is 20.9. The highest BCUT2D eigenvalue weighted by molar-refractivity contribution is 6.83. The first kappa shape index (κ1) is 22.5. The summed E-state index contributed by atoms with van der Waals surface area (Å²) in [4.78, 5) is 14.5. The van der Waals surface area contributed by atoms with Crippen LogP contribution >= 0.6 is 0 Å². The van der Waals surface area contributed by atoms with Crippen LogP contribution in [0.1, 0.15) is 39.2 Å². The van der Waals surface area contributed by atoms with Crippen LogP contribution in [0, 0.1) is 11.5 Å². The number of hydroxylamine groups is 2. The Hall–Kier alpha value is -1.81. The lowest BCUT2D eigenvalue weighted by atomic mass is 10.1. The van der Waals surface area contributed by atoms with Gasteiger partial charge in [0.15, 0.2) is 0 Å². The van der Waals surface area contributed by atoms with Gasteiger partial charge in [-0.3, -0.25) is 0 Å². The molecule has 6 heteroatoms. The fraction of sp³-hybridized carbons (Fsp3) is 0.591. The van der Waals surface area contributed by atoms with Gasteiger partial charge in [-0.2, -0.15) is 5.06 Å². The maximum atomic E-state index is 12.7. The summed E-state index contributed by atoms with van der Waals surface area (Å²) in [6.07, 6.45) is 1.35. The van der Waals surface area contributed by atoms with Gasteiger partial charge in [-0.25, -0.2) is 4.79 Å². The monoisotopic (exact) mass is 402 g/mol. The summed E-state index contributed by atoms with van der Waals surface area (Å²) in [5.41, 5.74) is 3.84. The third-order valence-corrected chi connectivity index (χ3v) is 5.29. The van der Waals surface area contributed by atoms with Gasteiger partial charge >= 0.3 is 6.09 Å². The number of nitrogens with zero attached hydrogens (tertiary/aromatic N) is 2.